The van der Waals surface area contributed by atoms with Crippen LogP contribution >= 0.6 is 0 Å². The highest BCUT2D eigenvalue weighted by atomic mass is 15.2. The molecule has 0 amide bonds. The van der Waals surface area contributed by atoms with Gasteiger partial charge in [0.05, 0.1) is 0 Å². The highest BCUT2D eigenvalue weighted by molar-refractivity contribution is 5.53. The summed E-state index contributed by atoms with van der Waals surface area (Å²) in [4.78, 5) is 9.30. The topological polar surface area (TPSA) is 31.4 Å². The lowest BCUT2D eigenvalue weighted by Crippen LogP contribution is -2.39. The Hall–Kier alpha value is -1.13. The van der Waals surface area contributed by atoms with Gasteiger partial charge in [0.25, 0.3) is 0 Å². The predicted molar refractivity (Wildman–Crippen MR) is 89.8 cm³/mol. The molecule has 2 heterocycles. The number of nitrogens with one attached hydrogen (secondary N) is 1. The van der Waals surface area contributed by atoms with Crippen molar-refractivity contribution in [3.63, 3.8) is 0 Å². The summed E-state index contributed by atoms with van der Waals surface area (Å²) in [5.41, 5.74) is 2.76. The molecule has 1 saturated heterocycles. The van der Waals surface area contributed by atoms with E-state index in [0.29, 0.717) is 6.04 Å². The van der Waals surface area contributed by atoms with Gasteiger partial charge in [-0.15, -0.1) is 0 Å². The molecule has 1 aromatic rings. The third-order valence-corrected chi connectivity index (χ3v) is 4.04. The number of pyridine rings is 1. The molecule has 1 unspecified atom stereocenters. The summed E-state index contributed by atoms with van der Waals surface area (Å²) in [5, 5.41) is 3.58. The largest absolute Gasteiger partial charge is 0.367 e. The molecule has 1 aliphatic rings. The van der Waals surface area contributed by atoms with Crippen molar-refractivity contribution in [3.05, 3.63) is 24.0 Å². The van der Waals surface area contributed by atoms with Crippen molar-refractivity contribution in [2.75, 3.05) is 31.6 Å². The number of hydrogen-bond acceptors (Lipinski definition) is 4. The molecule has 0 aromatic carbocycles. The summed E-state index contributed by atoms with van der Waals surface area (Å²) >= 11 is 0. The summed E-state index contributed by atoms with van der Waals surface area (Å²) in [6, 6.07) is 2.70. The van der Waals surface area contributed by atoms with Gasteiger partial charge in [0.1, 0.15) is 0 Å². The van der Waals surface area contributed by atoms with Gasteiger partial charge in [-0.05, 0) is 53.8 Å². The molecule has 1 aromatic heterocycles. The summed E-state index contributed by atoms with van der Waals surface area (Å²) in [6.07, 6.45) is 5.14. The van der Waals surface area contributed by atoms with E-state index in [1.165, 1.54) is 24.2 Å². The lowest BCUT2D eigenvalue weighted by Gasteiger charge is -2.32. The van der Waals surface area contributed by atoms with E-state index < -0.39 is 0 Å². The van der Waals surface area contributed by atoms with Gasteiger partial charge < -0.3 is 15.1 Å². The van der Waals surface area contributed by atoms with Gasteiger partial charge in [-0.3, -0.25) is 4.98 Å². The molecular formula is C17H30N4. The smallest absolute Gasteiger partial charge is 0.0445 e. The molecule has 0 saturated carbocycles. The number of nitrogens with zero attached hydrogens (tertiary/aromatic N) is 3. The molecule has 1 atom stereocenters. The van der Waals surface area contributed by atoms with Crippen molar-refractivity contribution < 1.29 is 0 Å². The summed E-state index contributed by atoms with van der Waals surface area (Å²) in [6.45, 7) is 13.2. The fraction of sp³-hybridized carbons (Fsp3) is 0.706. The summed E-state index contributed by atoms with van der Waals surface area (Å²) in [7, 11) is 2.22. The molecule has 0 aliphatic carbocycles. The molecular weight excluding hydrogens is 260 g/mol. The fourth-order valence-corrected chi connectivity index (χ4v) is 2.93. The minimum atomic E-state index is 0.123. The first kappa shape index (κ1) is 16.2. The Labute approximate surface area is 129 Å². The number of hydrogen-bond donors (Lipinski definition) is 1. The third-order valence-electron chi connectivity index (χ3n) is 4.04. The van der Waals surface area contributed by atoms with Gasteiger partial charge in [0, 0.05) is 54.9 Å². The molecule has 2 rings (SSSR count). The SMILES string of the molecule is CC1CN(C)CCCN1c1ccncc1CNC(C)(C)C. The number of likely N-dealkylation sites (N-methyl/N-ethyl adjacent to an activating group) is 1. The molecule has 4 heteroatoms. The van der Waals surface area contributed by atoms with Gasteiger partial charge in [-0.25, -0.2) is 0 Å². The molecule has 1 fully saturated rings. The Morgan fingerprint density at radius 2 is 2.10 bits per heavy atom. The number of anilines is 1. The van der Waals surface area contributed by atoms with Crippen molar-refractivity contribution in [2.45, 2.75) is 52.2 Å². The average Bonchev–Trinajstić information content (AvgIpc) is 2.56. The molecule has 1 aliphatic heterocycles. The first-order chi connectivity index (χ1) is 9.87. The Kier molecular flexibility index (Phi) is 5.22. The second kappa shape index (κ2) is 6.75. The summed E-state index contributed by atoms with van der Waals surface area (Å²) < 4.78 is 0. The van der Waals surface area contributed by atoms with Crippen molar-refractivity contribution >= 4 is 5.69 Å². The minimum Gasteiger partial charge on any atom is -0.367 e. The number of rotatable bonds is 3. The first-order valence-corrected chi connectivity index (χ1v) is 8.00. The van der Waals surface area contributed by atoms with Crippen LogP contribution in [-0.4, -0.2) is 48.1 Å². The Morgan fingerprint density at radius 1 is 1.33 bits per heavy atom. The highest BCUT2D eigenvalue weighted by Gasteiger charge is 2.22. The minimum absolute atomic E-state index is 0.123. The van der Waals surface area contributed by atoms with Crippen LogP contribution in [0.3, 0.4) is 0 Å². The standard InChI is InChI=1S/C17H30N4/c1-14-13-20(5)9-6-10-21(14)16-7-8-18-11-15(16)12-19-17(2,3)4/h7-8,11,14,19H,6,9-10,12-13H2,1-5H3. The van der Waals surface area contributed by atoms with Crippen LogP contribution in [-0.2, 0) is 6.54 Å². The van der Waals surface area contributed by atoms with E-state index in [9.17, 15) is 0 Å². The van der Waals surface area contributed by atoms with Gasteiger partial charge in [0.15, 0.2) is 0 Å². The van der Waals surface area contributed by atoms with Crippen molar-refractivity contribution in [1.82, 2.24) is 15.2 Å². The van der Waals surface area contributed by atoms with E-state index in [1.54, 1.807) is 0 Å². The van der Waals surface area contributed by atoms with E-state index in [-0.39, 0.29) is 5.54 Å². The number of aromatic nitrogens is 1. The van der Waals surface area contributed by atoms with Gasteiger partial charge in [-0.1, -0.05) is 0 Å². The van der Waals surface area contributed by atoms with Crippen LogP contribution in [0.5, 0.6) is 0 Å². The Morgan fingerprint density at radius 3 is 2.81 bits per heavy atom. The molecule has 21 heavy (non-hydrogen) atoms. The lowest BCUT2D eigenvalue weighted by molar-refractivity contribution is 0.337. The molecule has 1 N–H and O–H groups in total. The van der Waals surface area contributed by atoms with Crippen LogP contribution in [0.2, 0.25) is 0 Å². The monoisotopic (exact) mass is 290 g/mol. The third kappa shape index (κ3) is 4.68. The van der Waals surface area contributed by atoms with Crippen molar-refractivity contribution in [1.29, 1.82) is 0 Å². The van der Waals surface area contributed by atoms with Crippen LogP contribution in [0.25, 0.3) is 0 Å². The van der Waals surface area contributed by atoms with Crippen LogP contribution in [0, 0.1) is 0 Å². The van der Waals surface area contributed by atoms with E-state index in [4.69, 9.17) is 0 Å². The van der Waals surface area contributed by atoms with Crippen LogP contribution in [0.1, 0.15) is 39.7 Å². The lowest BCUT2D eigenvalue weighted by atomic mass is 10.1. The summed E-state index contributed by atoms with van der Waals surface area (Å²) in [5.74, 6) is 0. The maximum absolute atomic E-state index is 4.33. The zero-order chi connectivity index (χ0) is 15.5. The first-order valence-electron chi connectivity index (χ1n) is 8.00. The fourth-order valence-electron chi connectivity index (χ4n) is 2.93. The average molecular weight is 290 g/mol. The molecule has 4 nitrogen and oxygen atoms in total. The predicted octanol–water partition coefficient (Wildman–Crippen LogP) is 2.50. The molecule has 118 valence electrons. The van der Waals surface area contributed by atoms with E-state index in [1.807, 2.05) is 12.4 Å². The quantitative estimate of drug-likeness (QED) is 0.927. The van der Waals surface area contributed by atoms with Crippen molar-refractivity contribution in [3.8, 4) is 0 Å². The normalized spacial score (nSPS) is 21.4. The molecule has 0 bridgehead atoms. The van der Waals surface area contributed by atoms with E-state index in [2.05, 4.69) is 60.9 Å². The Bertz CT molecular complexity index is 452. The van der Waals surface area contributed by atoms with Crippen LogP contribution in [0.15, 0.2) is 18.5 Å². The maximum Gasteiger partial charge on any atom is 0.0445 e. The van der Waals surface area contributed by atoms with Gasteiger partial charge >= 0.3 is 0 Å². The second-order valence-electron chi connectivity index (χ2n) is 7.27. The van der Waals surface area contributed by atoms with Crippen molar-refractivity contribution in [2.24, 2.45) is 0 Å². The van der Waals surface area contributed by atoms with Gasteiger partial charge in [-0.2, -0.15) is 0 Å². The Balaban J connectivity index is 2.18. The van der Waals surface area contributed by atoms with E-state index >= 15 is 0 Å². The highest BCUT2D eigenvalue weighted by Crippen LogP contribution is 2.24. The van der Waals surface area contributed by atoms with Crippen LogP contribution < -0.4 is 10.2 Å². The van der Waals surface area contributed by atoms with Crippen LogP contribution in [0.4, 0.5) is 5.69 Å². The molecule has 0 spiro atoms. The zero-order valence-electron chi connectivity index (χ0n) is 14.2. The van der Waals surface area contributed by atoms with Gasteiger partial charge in [0.2, 0.25) is 0 Å². The molecule has 0 radical (unpaired) electrons. The zero-order valence-corrected chi connectivity index (χ0v) is 14.2. The van der Waals surface area contributed by atoms with E-state index in [0.717, 1.165) is 19.6 Å². The maximum atomic E-state index is 4.33. The second-order valence-corrected chi connectivity index (χ2v) is 7.27.